The van der Waals surface area contributed by atoms with Crippen LogP contribution in [0, 0.1) is 12.3 Å². The monoisotopic (exact) mass is 169 g/mol. The summed E-state index contributed by atoms with van der Waals surface area (Å²) in [5.74, 6) is 2.27. The first-order valence-corrected chi connectivity index (χ1v) is 3.77. The summed E-state index contributed by atoms with van der Waals surface area (Å²) in [4.78, 5) is 12.6. The van der Waals surface area contributed by atoms with E-state index in [0.717, 1.165) is 19.5 Å². The topological polar surface area (TPSA) is 38.8 Å². The lowest BCUT2D eigenvalue weighted by molar-refractivity contribution is -0.0220. The van der Waals surface area contributed by atoms with Crippen molar-refractivity contribution < 1.29 is 14.3 Å². The van der Waals surface area contributed by atoms with Crippen molar-refractivity contribution in [2.45, 2.75) is 6.42 Å². The first kappa shape index (κ1) is 8.88. The molecule has 0 bridgehead atoms. The van der Waals surface area contributed by atoms with Crippen LogP contribution in [0.2, 0.25) is 0 Å². The van der Waals surface area contributed by atoms with E-state index < -0.39 is 0 Å². The van der Waals surface area contributed by atoms with Crippen molar-refractivity contribution >= 4 is 6.09 Å². The van der Waals surface area contributed by atoms with Crippen LogP contribution in [-0.4, -0.2) is 37.5 Å². The Hall–Kier alpha value is -1.21. The molecule has 0 aromatic rings. The highest BCUT2D eigenvalue weighted by Crippen LogP contribution is 2.06. The number of hydrogen-bond acceptors (Lipinski definition) is 3. The standard InChI is InChI=1S/C8H11NO3/c1-2-6-11-7-12-8(10)9-4-3-5-9/h1H,3-7H2. The maximum atomic E-state index is 11.0. The Morgan fingerprint density at radius 3 is 2.83 bits per heavy atom. The van der Waals surface area contributed by atoms with Crippen LogP contribution in [0.1, 0.15) is 6.42 Å². The zero-order valence-electron chi connectivity index (χ0n) is 6.78. The van der Waals surface area contributed by atoms with Crippen molar-refractivity contribution in [2.75, 3.05) is 26.5 Å². The Balaban J connectivity index is 1.99. The number of amides is 1. The third-order valence-corrected chi connectivity index (χ3v) is 1.57. The highest BCUT2D eigenvalue weighted by atomic mass is 16.7. The first-order chi connectivity index (χ1) is 5.84. The fourth-order valence-corrected chi connectivity index (χ4v) is 0.783. The maximum absolute atomic E-state index is 11.0. The molecule has 4 heteroatoms. The highest BCUT2D eigenvalue weighted by Gasteiger charge is 2.20. The summed E-state index contributed by atoms with van der Waals surface area (Å²) < 4.78 is 9.48. The molecule has 1 amide bonds. The normalized spacial score (nSPS) is 14.8. The molecule has 1 heterocycles. The molecule has 0 aromatic carbocycles. The molecule has 0 aromatic heterocycles. The van der Waals surface area contributed by atoms with Crippen LogP contribution in [0.15, 0.2) is 0 Å². The van der Waals surface area contributed by atoms with Crippen LogP contribution in [0.5, 0.6) is 0 Å². The molecule has 1 rings (SSSR count). The fourth-order valence-electron chi connectivity index (χ4n) is 0.783. The summed E-state index contributed by atoms with van der Waals surface area (Å²) in [6.07, 6.45) is 5.65. The Labute approximate surface area is 71.4 Å². The van der Waals surface area contributed by atoms with Gasteiger partial charge in [0.1, 0.15) is 6.61 Å². The summed E-state index contributed by atoms with van der Waals surface area (Å²) in [5.41, 5.74) is 0. The lowest BCUT2D eigenvalue weighted by atomic mass is 10.2. The number of terminal acetylenes is 1. The van der Waals surface area contributed by atoms with Crippen LogP contribution in [0.3, 0.4) is 0 Å². The van der Waals surface area contributed by atoms with E-state index in [-0.39, 0.29) is 19.5 Å². The molecule has 4 nitrogen and oxygen atoms in total. The van der Waals surface area contributed by atoms with Crippen molar-refractivity contribution in [3.8, 4) is 12.3 Å². The van der Waals surface area contributed by atoms with Crippen LogP contribution in [0.4, 0.5) is 4.79 Å². The fraction of sp³-hybridized carbons (Fsp3) is 0.625. The first-order valence-electron chi connectivity index (χ1n) is 3.77. The van der Waals surface area contributed by atoms with E-state index in [9.17, 15) is 4.79 Å². The van der Waals surface area contributed by atoms with Gasteiger partial charge in [-0.15, -0.1) is 6.42 Å². The summed E-state index contributed by atoms with van der Waals surface area (Å²) in [5, 5.41) is 0. The van der Waals surface area contributed by atoms with Gasteiger partial charge in [0, 0.05) is 13.1 Å². The molecule has 66 valence electrons. The minimum absolute atomic E-state index is 0.0560. The van der Waals surface area contributed by atoms with Gasteiger partial charge >= 0.3 is 6.09 Å². The largest absolute Gasteiger partial charge is 0.422 e. The summed E-state index contributed by atoms with van der Waals surface area (Å²) in [6, 6.07) is 0. The van der Waals surface area contributed by atoms with Gasteiger partial charge in [0.05, 0.1) is 0 Å². The van der Waals surface area contributed by atoms with Crippen LogP contribution < -0.4 is 0 Å². The van der Waals surface area contributed by atoms with Crippen molar-refractivity contribution in [3.05, 3.63) is 0 Å². The summed E-state index contributed by atoms with van der Waals surface area (Å²) >= 11 is 0. The van der Waals surface area contributed by atoms with Crippen LogP contribution >= 0.6 is 0 Å². The minimum Gasteiger partial charge on any atom is -0.422 e. The molecule has 0 spiro atoms. The van der Waals surface area contributed by atoms with Gasteiger partial charge in [-0.25, -0.2) is 4.79 Å². The van der Waals surface area contributed by atoms with E-state index in [1.54, 1.807) is 4.90 Å². The molecule has 0 saturated carbocycles. The van der Waals surface area contributed by atoms with Gasteiger partial charge < -0.3 is 14.4 Å². The quantitative estimate of drug-likeness (QED) is 0.349. The Morgan fingerprint density at radius 1 is 1.58 bits per heavy atom. The van der Waals surface area contributed by atoms with E-state index >= 15 is 0 Å². The third kappa shape index (κ3) is 2.44. The third-order valence-electron chi connectivity index (χ3n) is 1.57. The number of ether oxygens (including phenoxy) is 2. The average molecular weight is 169 g/mol. The molecule has 0 radical (unpaired) electrons. The molecule has 1 saturated heterocycles. The average Bonchev–Trinajstić information content (AvgIpc) is 1.95. The van der Waals surface area contributed by atoms with Gasteiger partial charge in [0.25, 0.3) is 0 Å². The molecule has 0 aliphatic carbocycles. The van der Waals surface area contributed by atoms with Crippen molar-refractivity contribution in [2.24, 2.45) is 0 Å². The zero-order valence-corrected chi connectivity index (χ0v) is 6.78. The van der Waals surface area contributed by atoms with E-state index in [1.807, 2.05) is 0 Å². The number of nitrogens with zero attached hydrogens (tertiary/aromatic N) is 1. The Bertz CT molecular complexity index is 193. The molecule has 0 N–H and O–H groups in total. The lowest BCUT2D eigenvalue weighted by Crippen LogP contribution is -2.42. The van der Waals surface area contributed by atoms with E-state index in [4.69, 9.17) is 15.9 Å². The molecule has 0 unspecified atom stereocenters. The smallest absolute Gasteiger partial charge is 0.411 e. The molecule has 12 heavy (non-hydrogen) atoms. The van der Waals surface area contributed by atoms with Crippen LogP contribution in [-0.2, 0) is 9.47 Å². The van der Waals surface area contributed by atoms with Crippen molar-refractivity contribution in [1.82, 2.24) is 4.90 Å². The second kappa shape index (κ2) is 4.62. The molecule has 1 aliphatic heterocycles. The predicted octanol–water partition coefficient (Wildman–Crippen LogP) is 0.436. The van der Waals surface area contributed by atoms with Gasteiger partial charge in [-0.05, 0) is 6.42 Å². The predicted molar refractivity (Wildman–Crippen MR) is 42.3 cm³/mol. The maximum Gasteiger partial charge on any atom is 0.411 e. The van der Waals surface area contributed by atoms with E-state index in [2.05, 4.69) is 5.92 Å². The number of hydrogen-bond donors (Lipinski definition) is 0. The van der Waals surface area contributed by atoms with E-state index in [0.29, 0.717) is 0 Å². The summed E-state index contributed by atoms with van der Waals surface area (Å²) in [6.45, 7) is 1.69. The highest BCUT2D eigenvalue weighted by molar-refractivity contribution is 5.68. The summed E-state index contributed by atoms with van der Waals surface area (Å²) in [7, 11) is 0. The van der Waals surface area contributed by atoms with Crippen molar-refractivity contribution in [3.63, 3.8) is 0 Å². The molecular weight excluding hydrogens is 158 g/mol. The lowest BCUT2D eigenvalue weighted by Gasteiger charge is -2.29. The number of carbonyl (C=O) groups excluding carboxylic acids is 1. The molecule has 1 aliphatic rings. The van der Waals surface area contributed by atoms with Gasteiger partial charge in [0.2, 0.25) is 0 Å². The molecular formula is C8H11NO3. The van der Waals surface area contributed by atoms with Crippen LogP contribution in [0.25, 0.3) is 0 Å². The van der Waals surface area contributed by atoms with E-state index in [1.165, 1.54) is 0 Å². The van der Waals surface area contributed by atoms with Gasteiger partial charge in [-0.2, -0.15) is 0 Å². The Kier molecular flexibility index (Phi) is 3.42. The van der Waals surface area contributed by atoms with Gasteiger partial charge in [0.15, 0.2) is 6.79 Å². The second-order valence-corrected chi connectivity index (χ2v) is 2.42. The molecule has 0 atom stereocenters. The number of likely N-dealkylation sites (tertiary alicyclic amines) is 1. The Morgan fingerprint density at radius 2 is 2.33 bits per heavy atom. The molecule has 1 fully saturated rings. The van der Waals surface area contributed by atoms with Crippen molar-refractivity contribution in [1.29, 1.82) is 0 Å². The van der Waals surface area contributed by atoms with Gasteiger partial charge in [-0.3, -0.25) is 0 Å². The zero-order chi connectivity index (χ0) is 8.81. The SMILES string of the molecule is C#CCOCOC(=O)N1CCC1. The second-order valence-electron chi connectivity index (χ2n) is 2.42. The number of carbonyl (C=O) groups is 1. The minimum atomic E-state index is -0.321. The van der Waals surface area contributed by atoms with Gasteiger partial charge in [-0.1, -0.05) is 5.92 Å². The number of rotatable bonds is 3.